The van der Waals surface area contributed by atoms with Gasteiger partial charge >= 0.3 is 6.09 Å². The summed E-state index contributed by atoms with van der Waals surface area (Å²) in [6.07, 6.45) is 0.611. The standard InChI is InChI=1S/C16H18ClNO3S/c17-11-12-5-7-13(8-6-12)21-14(15-4-2-10-22-15)3-1-9-20-16(18)19/h2,4-8,10,14H,1,3,9,11H2,(H2,18,19). The number of hydrogen-bond donors (Lipinski definition) is 1. The number of ether oxygens (including phenoxy) is 2. The molecule has 1 aromatic heterocycles. The second-order valence-corrected chi connectivity index (χ2v) is 5.96. The molecule has 0 saturated heterocycles. The van der Waals surface area contributed by atoms with Gasteiger partial charge in [0.2, 0.25) is 0 Å². The van der Waals surface area contributed by atoms with Crippen molar-refractivity contribution in [3.05, 3.63) is 52.2 Å². The van der Waals surface area contributed by atoms with Crippen molar-refractivity contribution < 1.29 is 14.3 Å². The second kappa shape index (κ2) is 8.66. The molecule has 118 valence electrons. The van der Waals surface area contributed by atoms with E-state index < -0.39 is 6.09 Å². The van der Waals surface area contributed by atoms with E-state index in [1.54, 1.807) is 11.3 Å². The summed E-state index contributed by atoms with van der Waals surface area (Å²) in [6, 6.07) is 11.8. The van der Waals surface area contributed by atoms with Gasteiger partial charge < -0.3 is 15.2 Å². The maximum Gasteiger partial charge on any atom is 0.404 e. The molecule has 0 aliphatic rings. The van der Waals surface area contributed by atoms with E-state index in [2.05, 4.69) is 0 Å². The molecule has 1 unspecified atom stereocenters. The first-order valence-corrected chi connectivity index (χ1v) is 8.37. The summed E-state index contributed by atoms with van der Waals surface area (Å²) in [5, 5.41) is 2.02. The maximum absolute atomic E-state index is 10.6. The Morgan fingerprint density at radius 3 is 2.64 bits per heavy atom. The largest absolute Gasteiger partial charge is 0.485 e. The lowest BCUT2D eigenvalue weighted by Crippen LogP contribution is -2.15. The van der Waals surface area contributed by atoms with Crippen molar-refractivity contribution in [1.29, 1.82) is 0 Å². The molecule has 1 heterocycles. The Kier molecular flexibility index (Phi) is 6.55. The van der Waals surface area contributed by atoms with Gasteiger partial charge in [0.15, 0.2) is 0 Å². The molecule has 2 rings (SSSR count). The summed E-state index contributed by atoms with van der Waals surface area (Å²) in [4.78, 5) is 11.7. The smallest absolute Gasteiger partial charge is 0.404 e. The van der Waals surface area contributed by atoms with Crippen molar-refractivity contribution in [1.82, 2.24) is 0 Å². The van der Waals surface area contributed by atoms with E-state index in [0.717, 1.165) is 22.6 Å². The molecule has 0 bridgehead atoms. The van der Waals surface area contributed by atoms with Crippen molar-refractivity contribution >= 4 is 29.0 Å². The highest BCUT2D eigenvalue weighted by atomic mass is 35.5. The Labute approximate surface area is 138 Å². The highest BCUT2D eigenvalue weighted by molar-refractivity contribution is 7.10. The van der Waals surface area contributed by atoms with Gasteiger partial charge in [-0.2, -0.15) is 0 Å². The predicted octanol–water partition coefficient (Wildman–Crippen LogP) is 4.48. The van der Waals surface area contributed by atoms with E-state index in [1.165, 1.54) is 0 Å². The number of alkyl halides is 1. The molecular weight excluding hydrogens is 322 g/mol. The van der Waals surface area contributed by atoms with Gasteiger partial charge in [0.25, 0.3) is 0 Å². The molecule has 0 aliphatic carbocycles. The lowest BCUT2D eigenvalue weighted by Gasteiger charge is -2.18. The number of rotatable bonds is 8. The Balaban J connectivity index is 1.96. The third-order valence-corrected chi connectivity index (χ3v) is 4.34. The Morgan fingerprint density at radius 2 is 2.05 bits per heavy atom. The zero-order valence-corrected chi connectivity index (χ0v) is 13.6. The molecule has 0 spiro atoms. The number of nitrogens with two attached hydrogens (primary N) is 1. The van der Waals surface area contributed by atoms with E-state index in [4.69, 9.17) is 26.8 Å². The van der Waals surface area contributed by atoms with Gasteiger partial charge in [-0.3, -0.25) is 0 Å². The van der Waals surface area contributed by atoms with Crippen LogP contribution in [0.4, 0.5) is 4.79 Å². The van der Waals surface area contributed by atoms with Crippen LogP contribution in [0.1, 0.15) is 29.4 Å². The first-order valence-electron chi connectivity index (χ1n) is 6.96. The molecular formula is C16H18ClNO3S. The SMILES string of the molecule is NC(=O)OCCCC(Oc1ccc(CCl)cc1)c1cccs1. The number of carbonyl (C=O) groups is 1. The molecule has 1 aromatic carbocycles. The highest BCUT2D eigenvalue weighted by Crippen LogP contribution is 2.29. The topological polar surface area (TPSA) is 61.6 Å². The molecule has 0 radical (unpaired) electrons. The molecule has 2 aromatic rings. The van der Waals surface area contributed by atoms with Crippen LogP contribution in [0.25, 0.3) is 0 Å². The monoisotopic (exact) mass is 339 g/mol. The second-order valence-electron chi connectivity index (χ2n) is 4.71. The normalized spacial score (nSPS) is 11.9. The third kappa shape index (κ3) is 5.24. The van der Waals surface area contributed by atoms with E-state index in [0.29, 0.717) is 18.9 Å². The predicted molar refractivity (Wildman–Crippen MR) is 88.5 cm³/mol. The van der Waals surface area contributed by atoms with E-state index in [1.807, 2.05) is 41.8 Å². The molecule has 0 saturated carbocycles. The minimum atomic E-state index is -0.745. The lowest BCUT2D eigenvalue weighted by atomic mass is 10.1. The fraction of sp³-hybridized carbons (Fsp3) is 0.312. The van der Waals surface area contributed by atoms with Gasteiger partial charge in [-0.05, 0) is 42.0 Å². The maximum atomic E-state index is 10.6. The van der Waals surface area contributed by atoms with Crippen LogP contribution in [0.5, 0.6) is 5.75 Å². The molecule has 4 nitrogen and oxygen atoms in total. The van der Waals surface area contributed by atoms with Crippen LogP contribution in [0.2, 0.25) is 0 Å². The highest BCUT2D eigenvalue weighted by Gasteiger charge is 2.15. The van der Waals surface area contributed by atoms with Crippen LogP contribution in [0.3, 0.4) is 0 Å². The van der Waals surface area contributed by atoms with E-state index in [-0.39, 0.29) is 6.10 Å². The van der Waals surface area contributed by atoms with Crippen LogP contribution < -0.4 is 10.5 Å². The number of thiophene rings is 1. The molecule has 1 amide bonds. The first kappa shape index (κ1) is 16.6. The van der Waals surface area contributed by atoms with Gasteiger partial charge in [0.05, 0.1) is 6.61 Å². The van der Waals surface area contributed by atoms with Gasteiger partial charge in [-0.15, -0.1) is 22.9 Å². The van der Waals surface area contributed by atoms with Crippen molar-refractivity contribution in [2.45, 2.75) is 24.8 Å². The van der Waals surface area contributed by atoms with Gasteiger partial charge in [0, 0.05) is 10.8 Å². The summed E-state index contributed by atoms with van der Waals surface area (Å²) in [5.74, 6) is 1.28. The number of hydrogen-bond acceptors (Lipinski definition) is 4. The Bertz CT molecular complexity index is 572. The zero-order valence-electron chi connectivity index (χ0n) is 12.0. The molecule has 1 atom stereocenters. The van der Waals surface area contributed by atoms with Gasteiger partial charge in [-0.1, -0.05) is 18.2 Å². The number of carbonyl (C=O) groups excluding carboxylic acids is 1. The number of halogens is 1. The van der Waals surface area contributed by atoms with Crippen LogP contribution in [0.15, 0.2) is 41.8 Å². The van der Waals surface area contributed by atoms with Crippen LogP contribution in [-0.4, -0.2) is 12.7 Å². The summed E-state index contributed by atoms with van der Waals surface area (Å²) in [7, 11) is 0. The number of amides is 1. The lowest BCUT2D eigenvalue weighted by molar-refractivity contribution is 0.141. The van der Waals surface area contributed by atoms with Gasteiger partial charge in [0.1, 0.15) is 11.9 Å². The molecule has 0 aliphatic heterocycles. The number of primary amides is 1. The average molecular weight is 340 g/mol. The minimum absolute atomic E-state index is 0.0710. The summed E-state index contributed by atoms with van der Waals surface area (Å²) < 4.78 is 10.8. The van der Waals surface area contributed by atoms with E-state index in [9.17, 15) is 4.79 Å². The molecule has 0 fully saturated rings. The zero-order chi connectivity index (χ0) is 15.8. The number of benzene rings is 1. The fourth-order valence-corrected chi connectivity index (χ4v) is 2.96. The molecule has 6 heteroatoms. The molecule has 22 heavy (non-hydrogen) atoms. The van der Waals surface area contributed by atoms with Crippen LogP contribution >= 0.6 is 22.9 Å². The fourth-order valence-electron chi connectivity index (χ4n) is 2.00. The third-order valence-electron chi connectivity index (χ3n) is 3.07. The minimum Gasteiger partial charge on any atom is -0.485 e. The summed E-state index contributed by atoms with van der Waals surface area (Å²) >= 11 is 7.43. The van der Waals surface area contributed by atoms with Crippen molar-refractivity contribution in [2.75, 3.05) is 6.61 Å². The van der Waals surface area contributed by atoms with Crippen molar-refractivity contribution in [3.63, 3.8) is 0 Å². The Hall–Kier alpha value is -1.72. The van der Waals surface area contributed by atoms with Crippen molar-refractivity contribution in [2.24, 2.45) is 5.73 Å². The average Bonchev–Trinajstić information content (AvgIpc) is 3.05. The summed E-state index contributed by atoms with van der Waals surface area (Å²) in [6.45, 7) is 0.297. The molecule has 2 N–H and O–H groups in total. The quantitative estimate of drug-likeness (QED) is 0.569. The van der Waals surface area contributed by atoms with Gasteiger partial charge in [-0.25, -0.2) is 4.79 Å². The van der Waals surface area contributed by atoms with Crippen LogP contribution in [-0.2, 0) is 10.6 Å². The Morgan fingerprint density at radius 1 is 1.27 bits per heavy atom. The van der Waals surface area contributed by atoms with E-state index >= 15 is 0 Å². The van der Waals surface area contributed by atoms with Crippen molar-refractivity contribution in [3.8, 4) is 5.75 Å². The first-order chi connectivity index (χ1) is 10.7. The summed E-state index contributed by atoms with van der Waals surface area (Å²) in [5.41, 5.74) is 6.01. The van der Waals surface area contributed by atoms with Crippen LogP contribution in [0, 0.1) is 0 Å².